The van der Waals surface area contributed by atoms with Crippen LogP contribution in [0.3, 0.4) is 0 Å². The molecule has 6 nitrogen and oxygen atoms in total. The summed E-state index contributed by atoms with van der Waals surface area (Å²) in [6, 6.07) is 2.98. The van der Waals surface area contributed by atoms with Crippen molar-refractivity contribution in [3.05, 3.63) is 29.6 Å². The van der Waals surface area contributed by atoms with E-state index in [2.05, 4.69) is 5.32 Å². The number of hydrogen-bond acceptors (Lipinski definition) is 5. The number of benzene rings is 1. The average molecular weight is 391 g/mol. The molecule has 1 aliphatic rings. The number of sulfone groups is 2. The lowest BCUT2D eigenvalue weighted by molar-refractivity contribution is 0.0947. The van der Waals surface area contributed by atoms with Crippen LogP contribution in [0.15, 0.2) is 23.1 Å². The van der Waals surface area contributed by atoms with Crippen LogP contribution in [0.4, 0.5) is 4.39 Å². The van der Waals surface area contributed by atoms with Crippen LogP contribution in [0.25, 0.3) is 0 Å². The van der Waals surface area contributed by atoms with Gasteiger partial charge < -0.3 is 5.32 Å². The molecular formula is C16H22FNO5S2. The molecule has 1 heterocycles. The van der Waals surface area contributed by atoms with E-state index in [0.717, 1.165) is 18.2 Å². The molecule has 0 aromatic heterocycles. The highest BCUT2D eigenvalue weighted by molar-refractivity contribution is 7.96. The fraction of sp³-hybridized carbons (Fsp3) is 0.562. The molecule has 0 spiro atoms. The fourth-order valence-corrected chi connectivity index (χ4v) is 7.01. The summed E-state index contributed by atoms with van der Waals surface area (Å²) in [6.45, 7) is 4.32. The Morgan fingerprint density at radius 1 is 1.36 bits per heavy atom. The normalized spacial score (nSPS) is 19.9. The van der Waals surface area contributed by atoms with Crippen LogP contribution < -0.4 is 5.32 Å². The zero-order valence-corrected chi connectivity index (χ0v) is 15.8. The van der Waals surface area contributed by atoms with E-state index in [1.165, 1.54) is 0 Å². The molecule has 0 radical (unpaired) electrons. The number of carbonyl (C=O) groups excluding carboxylic acids is 1. The largest absolute Gasteiger partial charge is 0.352 e. The molecule has 1 atom stereocenters. The van der Waals surface area contributed by atoms with Crippen LogP contribution in [-0.4, -0.2) is 46.0 Å². The summed E-state index contributed by atoms with van der Waals surface area (Å²) in [5.74, 6) is -1.76. The molecule has 1 saturated heterocycles. The molecule has 1 amide bonds. The number of rotatable bonds is 6. The summed E-state index contributed by atoms with van der Waals surface area (Å²) >= 11 is 0. The van der Waals surface area contributed by atoms with Gasteiger partial charge in [0.25, 0.3) is 5.91 Å². The summed E-state index contributed by atoms with van der Waals surface area (Å²) in [6.07, 6.45) is 0.725. The van der Waals surface area contributed by atoms with Crippen LogP contribution in [0.1, 0.15) is 37.0 Å². The maximum absolute atomic E-state index is 13.9. The summed E-state index contributed by atoms with van der Waals surface area (Å²) < 4.78 is 62.2. The Hall–Kier alpha value is -1.48. The molecule has 1 fully saturated rings. The Labute approximate surface area is 147 Å². The second-order valence-electron chi connectivity index (χ2n) is 6.65. The third kappa shape index (κ3) is 4.78. The summed E-state index contributed by atoms with van der Waals surface area (Å²) in [7, 11) is -7.32. The molecule has 0 saturated carbocycles. The lowest BCUT2D eigenvalue weighted by Crippen LogP contribution is -2.27. The molecule has 0 bridgehead atoms. The van der Waals surface area contributed by atoms with Crippen molar-refractivity contribution in [2.75, 3.05) is 18.1 Å². The number of carbonyl (C=O) groups is 1. The van der Waals surface area contributed by atoms with Gasteiger partial charge >= 0.3 is 0 Å². The van der Waals surface area contributed by atoms with Crippen molar-refractivity contribution in [2.24, 2.45) is 5.92 Å². The molecule has 1 aliphatic heterocycles. The first kappa shape index (κ1) is 19.8. The standard InChI is InChI=1S/C16H22FNO5S2/c1-11(2)5-7-18-16(19)14-9-12(3-4-15(14)17)25(22,23)13-6-8-24(20,21)10-13/h3-4,9,11,13H,5-8,10H2,1-2H3,(H,18,19)/t13-/m1/s1. The molecule has 1 N–H and O–H groups in total. The van der Waals surface area contributed by atoms with Crippen molar-refractivity contribution in [3.8, 4) is 0 Å². The average Bonchev–Trinajstić information content (AvgIpc) is 2.88. The van der Waals surface area contributed by atoms with Crippen LogP contribution in [0.2, 0.25) is 0 Å². The number of amides is 1. The van der Waals surface area contributed by atoms with Gasteiger partial charge in [0, 0.05) is 6.54 Å². The molecule has 25 heavy (non-hydrogen) atoms. The van der Waals surface area contributed by atoms with Crippen LogP contribution in [-0.2, 0) is 19.7 Å². The van der Waals surface area contributed by atoms with Crippen molar-refractivity contribution >= 4 is 25.6 Å². The van der Waals surface area contributed by atoms with E-state index in [0.29, 0.717) is 18.9 Å². The predicted octanol–water partition coefficient (Wildman–Crippen LogP) is 1.56. The summed E-state index contributed by atoms with van der Waals surface area (Å²) in [5.41, 5.74) is -0.356. The molecule has 1 aromatic rings. The van der Waals surface area contributed by atoms with Gasteiger partial charge in [-0.2, -0.15) is 0 Å². The van der Waals surface area contributed by atoms with Gasteiger partial charge in [0.2, 0.25) is 0 Å². The first-order valence-electron chi connectivity index (χ1n) is 8.05. The van der Waals surface area contributed by atoms with Crippen molar-refractivity contribution in [2.45, 2.75) is 36.8 Å². The highest BCUT2D eigenvalue weighted by Gasteiger charge is 2.38. The third-order valence-electron chi connectivity index (χ3n) is 4.15. The summed E-state index contributed by atoms with van der Waals surface area (Å²) in [5, 5.41) is 1.51. The van der Waals surface area contributed by atoms with Crippen molar-refractivity contribution < 1.29 is 26.0 Å². The first-order chi connectivity index (χ1) is 11.5. The smallest absolute Gasteiger partial charge is 0.254 e. The second kappa shape index (κ2) is 7.41. The minimum absolute atomic E-state index is 0.0119. The van der Waals surface area contributed by atoms with E-state index in [-0.39, 0.29) is 22.6 Å². The highest BCUT2D eigenvalue weighted by atomic mass is 32.2. The predicted molar refractivity (Wildman–Crippen MR) is 92.4 cm³/mol. The quantitative estimate of drug-likeness (QED) is 0.742. The van der Waals surface area contributed by atoms with Gasteiger partial charge in [0.05, 0.1) is 27.2 Å². The zero-order chi connectivity index (χ0) is 18.8. The molecular weight excluding hydrogens is 369 g/mol. The fourth-order valence-electron chi connectivity index (χ4n) is 2.62. The van der Waals surface area contributed by atoms with Crippen LogP contribution in [0, 0.1) is 11.7 Å². The van der Waals surface area contributed by atoms with E-state index in [9.17, 15) is 26.0 Å². The zero-order valence-electron chi connectivity index (χ0n) is 14.2. The Balaban J connectivity index is 2.24. The number of halogens is 1. The highest BCUT2D eigenvalue weighted by Crippen LogP contribution is 2.26. The topological polar surface area (TPSA) is 97.4 Å². The van der Waals surface area contributed by atoms with Crippen molar-refractivity contribution in [1.82, 2.24) is 5.32 Å². The molecule has 140 valence electrons. The second-order valence-corrected chi connectivity index (χ2v) is 11.1. The Kier molecular flexibility index (Phi) is 5.88. The van der Waals surface area contributed by atoms with Crippen LogP contribution in [0.5, 0.6) is 0 Å². The van der Waals surface area contributed by atoms with Gasteiger partial charge in [-0.3, -0.25) is 4.79 Å². The molecule has 9 heteroatoms. The van der Waals surface area contributed by atoms with Crippen molar-refractivity contribution in [1.29, 1.82) is 0 Å². The minimum atomic E-state index is -3.94. The Bertz CT molecular complexity index is 863. The van der Waals surface area contributed by atoms with E-state index in [1.807, 2.05) is 13.8 Å². The van der Waals surface area contributed by atoms with E-state index >= 15 is 0 Å². The van der Waals surface area contributed by atoms with Gasteiger partial charge in [-0.15, -0.1) is 0 Å². The molecule has 1 aromatic carbocycles. The van der Waals surface area contributed by atoms with E-state index in [4.69, 9.17) is 0 Å². The number of hydrogen-bond donors (Lipinski definition) is 1. The molecule has 0 aliphatic carbocycles. The minimum Gasteiger partial charge on any atom is -0.352 e. The van der Waals surface area contributed by atoms with Gasteiger partial charge in [-0.1, -0.05) is 13.8 Å². The molecule has 2 rings (SSSR count). The third-order valence-corrected chi connectivity index (χ3v) is 8.32. The van der Waals surface area contributed by atoms with E-state index in [1.54, 1.807) is 0 Å². The van der Waals surface area contributed by atoms with Gasteiger partial charge in [-0.05, 0) is 37.0 Å². The van der Waals surface area contributed by atoms with Gasteiger partial charge in [0.1, 0.15) is 5.82 Å². The molecule has 0 unspecified atom stereocenters. The maximum atomic E-state index is 13.9. The van der Waals surface area contributed by atoms with E-state index < -0.39 is 42.4 Å². The van der Waals surface area contributed by atoms with Gasteiger partial charge in [-0.25, -0.2) is 21.2 Å². The lowest BCUT2D eigenvalue weighted by atomic mass is 10.1. The number of nitrogens with one attached hydrogen (secondary N) is 1. The Morgan fingerprint density at radius 3 is 2.60 bits per heavy atom. The summed E-state index contributed by atoms with van der Waals surface area (Å²) in [4.78, 5) is 11.9. The SMILES string of the molecule is CC(C)CCNC(=O)c1cc(S(=O)(=O)[C@@H]2CCS(=O)(=O)C2)ccc1F. The van der Waals surface area contributed by atoms with Crippen LogP contribution >= 0.6 is 0 Å². The first-order valence-corrected chi connectivity index (χ1v) is 11.4. The van der Waals surface area contributed by atoms with Crippen molar-refractivity contribution in [3.63, 3.8) is 0 Å². The maximum Gasteiger partial charge on any atom is 0.254 e. The Morgan fingerprint density at radius 2 is 2.04 bits per heavy atom. The monoisotopic (exact) mass is 391 g/mol. The lowest BCUT2D eigenvalue weighted by Gasteiger charge is -2.12. The van der Waals surface area contributed by atoms with Gasteiger partial charge in [0.15, 0.2) is 19.7 Å².